The predicted octanol–water partition coefficient (Wildman–Crippen LogP) is 3.25. The molecule has 212 valence electrons. The zero-order chi connectivity index (χ0) is 28.9. The predicted molar refractivity (Wildman–Crippen MR) is 149 cm³/mol. The van der Waals surface area contributed by atoms with Crippen molar-refractivity contribution in [1.82, 2.24) is 9.62 Å². The van der Waals surface area contributed by atoms with E-state index in [4.69, 9.17) is 4.74 Å². The molecule has 0 unspecified atom stereocenters. The number of nitrogens with zero attached hydrogens (tertiary/aromatic N) is 2. The van der Waals surface area contributed by atoms with Crippen molar-refractivity contribution < 1.29 is 28.0 Å². The van der Waals surface area contributed by atoms with Crippen LogP contribution in [-0.2, 0) is 32.4 Å². The Kier molecular flexibility index (Phi) is 9.31. The number of benzene rings is 3. The molecule has 10 nitrogen and oxygen atoms in total. The van der Waals surface area contributed by atoms with E-state index in [0.717, 1.165) is 45.3 Å². The number of nitro groups is 1. The van der Waals surface area contributed by atoms with Gasteiger partial charge in [-0.15, -0.1) is 0 Å². The number of rotatable bonds is 12. The molecule has 1 aliphatic rings. The van der Waals surface area contributed by atoms with E-state index < -0.39 is 27.0 Å². The summed E-state index contributed by atoms with van der Waals surface area (Å²) in [5, 5.41) is 25.0. The molecule has 3 aromatic carbocycles. The fourth-order valence-corrected chi connectivity index (χ4v) is 6.33. The highest BCUT2D eigenvalue weighted by Gasteiger charge is 2.35. The van der Waals surface area contributed by atoms with E-state index in [1.165, 1.54) is 7.05 Å². The minimum Gasteiger partial charge on any atom is -0.392 e. The number of hydrogen-bond donors (Lipinski definition) is 2. The van der Waals surface area contributed by atoms with Crippen LogP contribution in [0.4, 0.5) is 5.69 Å². The molecule has 3 aromatic rings. The molecule has 0 heterocycles. The van der Waals surface area contributed by atoms with E-state index in [0.29, 0.717) is 12.8 Å². The largest absolute Gasteiger partial charge is 0.392 e. The quantitative estimate of drug-likeness (QED) is 0.253. The molecule has 1 amide bonds. The molecular weight excluding hydrogens is 534 g/mol. The molecule has 4 atom stereocenters. The number of methoxy groups -OCH3 is 1. The van der Waals surface area contributed by atoms with Crippen LogP contribution in [0.25, 0.3) is 0 Å². The molecule has 40 heavy (non-hydrogen) atoms. The second kappa shape index (κ2) is 12.7. The summed E-state index contributed by atoms with van der Waals surface area (Å²) in [4.78, 5) is 23.8. The number of carbonyl (C=O) groups is 1. The second-order valence-corrected chi connectivity index (χ2v) is 12.0. The summed E-state index contributed by atoms with van der Waals surface area (Å²) in [6, 6.07) is 21.5. The van der Waals surface area contributed by atoms with Crippen molar-refractivity contribution in [3.63, 3.8) is 0 Å². The van der Waals surface area contributed by atoms with Crippen molar-refractivity contribution in [2.24, 2.45) is 5.92 Å². The SMILES string of the molecule is CO[C@@H]1Cc2ccccc2[C@@H]1NC(=O)[C@H](Cc1ccccc1)C[C@H](O)CN(C)S(=O)(=O)c1ccc([N+](=O)[O-])cc1. The van der Waals surface area contributed by atoms with Crippen LogP contribution in [0.1, 0.15) is 29.2 Å². The Balaban J connectivity index is 1.49. The van der Waals surface area contributed by atoms with Crippen molar-refractivity contribution in [1.29, 1.82) is 0 Å². The van der Waals surface area contributed by atoms with Gasteiger partial charge in [-0.2, -0.15) is 4.31 Å². The first-order chi connectivity index (χ1) is 19.1. The van der Waals surface area contributed by atoms with Crippen molar-refractivity contribution >= 4 is 21.6 Å². The molecule has 0 saturated carbocycles. The lowest BCUT2D eigenvalue weighted by Crippen LogP contribution is -2.42. The van der Waals surface area contributed by atoms with Crippen LogP contribution in [0.3, 0.4) is 0 Å². The lowest BCUT2D eigenvalue weighted by molar-refractivity contribution is -0.384. The van der Waals surface area contributed by atoms with Gasteiger partial charge >= 0.3 is 0 Å². The maximum Gasteiger partial charge on any atom is 0.269 e. The molecular formula is C29H33N3O7S. The van der Waals surface area contributed by atoms with Crippen molar-refractivity contribution in [2.45, 2.75) is 42.4 Å². The minimum atomic E-state index is -4.02. The van der Waals surface area contributed by atoms with Crippen LogP contribution in [0, 0.1) is 16.0 Å². The number of nitro benzene ring substituents is 1. The van der Waals surface area contributed by atoms with Crippen LogP contribution in [0.2, 0.25) is 0 Å². The third kappa shape index (κ3) is 6.73. The van der Waals surface area contributed by atoms with Gasteiger partial charge in [-0.1, -0.05) is 54.6 Å². The summed E-state index contributed by atoms with van der Waals surface area (Å²) in [6.45, 7) is -0.259. The first-order valence-electron chi connectivity index (χ1n) is 12.9. The van der Waals surface area contributed by atoms with Gasteiger partial charge in [0.05, 0.1) is 28.1 Å². The zero-order valence-corrected chi connectivity index (χ0v) is 23.2. The zero-order valence-electron chi connectivity index (χ0n) is 22.3. The molecule has 0 fully saturated rings. The maximum atomic E-state index is 13.6. The van der Waals surface area contributed by atoms with E-state index >= 15 is 0 Å². The summed E-state index contributed by atoms with van der Waals surface area (Å²) in [6.07, 6.45) is -0.316. The molecule has 0 aromatic heterocycles. The van der Waals surface area contributed by atoms with Gasteiger partial charge in [-0.25, -0.2) is 8.42 Å². The highest BCUT2D eigenvalue weighted by molar-refractivity contribution is 7.89. The maximum absolute atomic E-state index is 13.6. The molecule has 4 rings (SSSR count). The number of ether oxygens (including phenoxy) is 1. The number of likely N-dealkylation sites (N-methyl/N-ethyl adjacent to an activating group) is 1. The van der Waals surface area contributed by atoms with Crippen molar-refractivity contribution in [3.8, 4) is 0 Å². The number of aliphatic hydroxyl groups is 1. The highest BCUT2D eigenvalue weighted by Crippen LogP contribution is 2.33. The molecule has 0 aliphatic heterocycles. The summed E-state index contributed by atoms with van der Waals surface area (Å²) in [5.41, 5.74) is 2.79. The summed E-state index contributed by atoms with van der Waals surface area (Å²) >= 11 is 0. The number of non-ortho nitro benzene ring substituents is 1. The molecule has 0 saturated heterocycles. The number of aliphatic hydroxyl groups excluding tert-OH is 1. The van der Waals surface area contributed by atoms with E-state index in [-0.39, 0.29) is 41.6 Å². The molecule has 0 spiro atoms. The molecule has 2 N–H and O–H groups in total. The lowest BCUT2D eigenvalue weighted by atomic mass is 9.92. The topological polar surface area (TPSA) is 139 Å². The molecule has 0 bridgehead atoms. The van der Waals surface area contributed by atoms with E-state index in [1.807, 2.05) is 54.6 Å². The second-order valence-electron chi connectivity index (χ2n) is 9.98. The van der Waals surface area contributed by atoms with E-state index in [2.05, 4.69) is 5.32 Å². The standard InChI is InChI=1S/C29H33N3O7S/c1-31(40(37,38)25-14-12-23(13-15-25)32(35)36)19-24(33)17-22(16-20-8-4-3-5-9-20)29(34)30-28-26-11-7-6-10-21(26)18-27(28)39-2/h3-15,22,24,27-28,33H,16-19H2,1-2H3,(H,30,34)/t22-,24+,27-,28+/m1/s1. The number of hydrogen-bond acceptors (Lipinski definition) is 7. The average Bonchev–Trinajstić information content (AvgIpc) is 3.30. The van der Waals surface area contributed by atoms with Crippen LogP contribution < -0.4 is 5.32 Å². The summed E-state index contributed by atoms with van der Waals surface area (Å²) < 4.78 is 32.7. The van der Waals surface area contributed by atoms with E-state index in [1.54, 1.807) is 7.11 Å². The minimum absolute atomic E-state index is 0.0207. The first-order valence-corrected chi connectivity index (χ1v) is 14.4. The van der Waals surface area contributed by atoms with Gasteiger partial charge in [0.1, 0.15) is 0 Å². The first kappa shape index (κ1) is 29.3. The van der Waals surface area contributed by atoms with Gasteiger partial charge in [-0.05, 0) is 41.7 Å². The fraction of sp³-hybridized carbons (Fsp3) is 0.345. The number of sulfonamides is 1. The molecule has 1 aliphatic carbocycles. The Labute approximate surface area is 233 Å². The monoisotopic (exact) mass is 567 g/mol. The van der Waals surface area contributed by atoms with Crippen molar-refractivity contribution in [2.75, 3.05) is 20.7 Å². The van der Waals surface area contributed by atoms with Crippen LogP contribution in [-0.4, -0.2) is 61.6 Å². The van der Waals surface area contributed by atoms with Gasteiger partial charge in [0.25, 0.3) is 5.69 Å². The Morgan fingerprint density at radius 1 is 1.10 bits per heavy atom. The highest BCUT2D eigenvalue weighted by atomic mass is 32.2. The Morgan fingerprint density at radius 3 is 2.40 bits per heavy atom. The van der Waals surface area contributed by atoms with Gasteiger partial charge in [0.15, 0.2) is 0 Å². The van der Waals surface area contributed by atoms with Gasteiger partial charge in [0, 0.05) is 45.2 Å². The summed E-state index contributed by atoms with van der Waals surface area (Å²) in [7, 11) is -1.08. The number of amides is 1. The van der Waals surface area contributed by atoms with Crippen LogP contribution >= 0.6 is 0 Å². The normalized spacial score (nSPS) is 18.2. The smallest absolute Gasteiger partial charge is 0.269 e. The van der Waals surface area contributed by atoms with Crippen LogP contribution in [0.15, 0.2) is 83.8 Å². The van der Waals surface area contributed by atoms with Crippen LogP contribution in [0.5, 0.6) is 0 Å². The molecule has 0 radical (unpaired) electrons. The Hall–Kier alpha value is -3.64. The number of nitrogens with one attached hydrogen (secondary N) is 1. The fourth-order valence-electron chi connectivity index (χ4n) is 5.12. The third-order valence-electron chi connectivity index (χ3n) is 7.26. The van der Waals surface area contributed by atoms with Gasteiger partial charge < -0.3 is 15.2 Å². The Morgan fingerprint density at radius 2 is 1.75 bits per heavy atom. The van der Waals surface area contributed by atoms with Crippen molar-refractivity contribution in [3.05, 3.63) is 106 Å². The molecule has 11 heteroatoms. The lowest BCUT2D eigenvalue weighted by Gasteiger charge is -2.27. The Bertz CT molecular complexity index is 1430. The average molecular weight is 568 g/mol. The van der Waals surface area contributed by atoms with Gasteiger partial charge in [-0.3, -0.25) is 14.9 Å². The number of fused-ring (bicyclic) bond motifs is 1. The third-order valence-corrected chi connectivity index (χ3v) is 9.10. The van der Waals surface area contributed by atoms with Gasteiger partial charge in [0.2, 0.25) is 15.9 Å². The summed E-state index contributed by atoms with van der Waals surface area (Å²) in [5.74, 6) is -0.898. The van der Waals surface area contributed by atoms with E-state index in [9.17, 15) is 28.4 Å². The number of carbonyl (C=O) groups excluding carboxylic acids is 1.